The van der Waals surface area contributed by atoms with E-state index >= 15 is 0 Å². The molecule has 0 aliphatic carbocycles. The molecule has 0 heterocycles. The summed E-state index contributed by atoms with van der Waals surface area (Å²) in [4.78, 5) is 10.9. The Kier molecular flexibility index (Phi) is 4.57. The zero-order valence-corrected chi connectivity index (χ0v) is 10.9. The third-order valence-electron chi connectivity index (χ3n) is 1.99. The van der Waals surface area contributed by atoms with Crippen LogP contribution in [0.15, 0.2) is 22.7 Å². The van der Waals surface area contributed by atoms with Crippen molar-refractivity contribution in [1.29, 1.82) is 0 Å². The number of halogens is 2. The van der Waals surface area contributed by atoms with Crippen molar-refractivity contribution >= 4 is 33.4 Å². The normalized spacial score (nSPS) is 10.1. The molecule has 0 saturated carbocycles. The van der Waals surface area contributed by atoms with Gasteiger partial charge < -0.3 is 0 Å². The fourth-order valence-electron chi connectivity index (χ4n) is 0.980. The molecule has 0 aromatic heterocycles. The number of amides is 1. The molecule has 82 valence electrons. The van der Waals surface area contributed by atoms with Gasteiger partial charge >= 0.3 is 0 Å². The number of rotatable bonds is 3. The summed E-state index contributed by atoms with van der Waals surface area (Å²) in [7, 11) is 1.68. The van der Waals surface area contributed by atoms with Crippen LogP contribution < -0.4 is 5.43 Å². The van der Waals surface area contributed by atoms with Gasteiger partial charge in [0, 0.05) is 30.0 Å². The van der Waals surface area contributed by atoms with Gasteiger partial charge in [-0.05, 0) is 17.7 Å². The zero-order valence-electron chi connectivity index (χ0n) is 8.55. The molecule has 0 saturated heterocycles. The lowest BCUT2D eigenvalue weighted by atomic mass is 10.2. The largest absolute Gasteiger partial charge is 0.281 e. The van der Waals surface area contributed by atoms with Crippen LogP contribution in [-0.2, 0) is 11.3 Å². The smallest absolute Gasteiger partial charge is 0.233 e. The fourth-order valence-corrected chi connectivity index (χ4v) is 1.72. The summed E-state index contributed by atoms with van der Waals surface area (Å²) < 4.78 is 0.941. The molecule has 1 amide bonds. The number of hydrazine groups is 1. The van der Waals surface area contributed by atoms with Crippen LogP contribution in [0.3, 0.4) is 0 Å². The molecule has 0 fully saturated rings. The van der Waals surface area contributed by atoms with E-state index in [-0.39, 0.29) is 5.91 Å². The first-order chi connectivity index (χ1) is 7.00. The highest BCUT2D eigenvalue weighted by atomic mass is 79.9. The van der Waals surface area contributed by atoms with Crippen LogP contribution in [-0.4, -0.2) is 18.0 Å². The molecule has 0 unspecified atom stereocenters. The first-order valence-corrected chi connectivity index (χ1v) is 5.59. The topological polar surface area (TPSA) is 32.3 Å². The second-order valence-corrected chi connectivity index (χ2v) is 4.47. The predicted octanol–water partition coefficient (Wildman–Crippen LogP) is 2.59. The van der Waals surface area contributed by atoms with E-state index < -0.39 is 0 Å². The van der Waals surface area contributed by atoms with E-state index in [4.69, 9.17) is 11.6 Å². The summed E-state index contributed by atoms with van der Waals surface area (Å²) in [6, 6.07) is 5.65. The lowest BCUT2D eigenvalue weighted by molar-refractivity contribution is -0.130. The van der Waals surface area contributed by atoms with Crippen LogP contribution in [0.1, 0.15) is 12.5 Å². The molecule has 1 aromatic carbocycles. The molecule has 5 heteroatoms. The second-order valence-electron chi connectivity index (χ2n) is 3.15. The fraction of sp³-hybridized carbons (Fsp3) is 0.300. The van der Waals surface area contributed by atoms with Crippen molar-refractivity contribution in [3.05, 3.63) is 33.3 Å². The maximum Gasteiger partial charge on any atom is 0.233 e. The van der Waals surface area contributed by atoms with Gasteiger partial charge in [-0.25, -0.2) is 5.43 Å². The molecule has 0 spiro atoms. The van der Waals surface area contributed by atoms with Gasteiger partial charge in [0.25, 0.3) is 0 Å². The number of nitrogens with one attached hydrogen (secondary N) is 1. The lowest BCUT2D eigenvalue weighted by Crippen LogP contribution is -2.37. The minimum atomic E-state index is -0.0387. The number of nitrogens with zero attached hydrogens (tertiary/aromatic N) is 1. The Balaban J connectivity index is 2.62. The second kappa shape index (κ2) is 5.49. The monoisotopic (exact) mass is 290 g/mol. The van der Waals surface area contributed by atoms with Gasteiger partial charge in [-0.3, -0.25) is 9.80 Å². The molecule has 3 nitrogen and oxygen atoms in total. The number of hydrogen-bond donors (Lipinski definition) is 1. The Morgan fingerprint density at radius 3 is 2.80 bits per heavy atom. The molecule has 1 N–H and O–H groups in total. The average molecular weight is 292 g/mol. The van der Waals surface area contributed by atoms with E-state index in [1.165, 1.54) is 11.9 Å². The van der Waals surface area contributed by atoms with Crippen molar-refractivity contribution in [1.82, 2.24) is 10.4 Å². The molecule has 0 aliphatic rings. The van der Waals surface area contributed by atoms with Crippen molar-refractivity contribution in [3.63, 3.8) is 0 Å². The molecule has 1 aromatic rings. The average Bonchev–Trinajstić information content (AvgIpc) is 2.15. The SMILES string of the molecule is CC(=O)N(C)NCc1ccc(Br)cc1Cl. The summed E-state index contributed by atoms with van der Waals surface area (Å²) in [5, 5.41) is 2.10. The van der Waals surface area contributed by atoms with E-state index in [0.29, 0.717) is 11.6 Å². The van der Waals surface area contributed by atoms with E-state index in [1.54, 1.807) is 7.05 Å². The van der Waals surface area contributed by atoms with E-state index in [1.807, 2.05) is 18.2 Å². The first-order valence-electron chi connectivity index (χ1n) is 4.42. The standard InChI is InChI=1S/C10H12BrClN2O/c1-7(15)14(2)13-6-8-3-4-9(11)5-10(8)12/h3-5,13H,6H2,1-2H3. The highest BCUT2D eigenvalue weighted by molar-refractivity contribution is 9.10. The lowest BCUT2D eigenvalue weighted by Gasteiger charge is -2.16. The maximum atomic E-state index is 10.9. The summed E-state index contributed by atoms with van der Waals surface area (Å²) in [5.41, 5.74) is 3.89. The highest BCUT2D eigenvalue weighted by Gasteiger charge is 2.04. The van der Waals surface area contributed by atoms with Gasteiger partial charge in [-0.2, -0.15) is 0 Å². The van der Waals surface area contributed by atoms with E-state index in [2.05, 4.69) is 21.4 Å². The van der Waals surface area contributed by atoms with Crippen LogP contribution in [0.4, 0.5) is 0 Å². The quantitative estimate of drug-likeness (QED) is 0.868. The van der Waals surface area contributed by atoms with Crippen LogP contribution in [0.2, 0.25) is 5.02 Å². The van der Waals surface area contributed by atoms with E-state index in [9.17, 15) is 4.79 Å². The molecular weight excluding hydrogens is 279 g/mol. The first kappa shape index (κ1) is 12.5. The van der Waals surface area contributed by atoms with Gasteiger partial charge in [-0.15, -0.1) is 0 Å². The van der Waals surface area contributed by atoms with Crippen molar-refractivity contribution in [2.45, 2.75) is 13.5 Å². The molecule has 0 aliphatic heterocycles. The molecule has 0 bridgehead atoms. The summed E-state index contributed by atoms with van der Waals surface area (Å²) in [6.07, 6.45) is 0. The van der Waals surface area contributed by atoms with Crippen LogP contribution >= 0.6 is 27.5 Å². The Morgan fingerprint density at radius 1 is 1.60 bits per heavy atom. The minimum absolute atomic E-state index is 0.0387. The molecule has 0 radical (unpaired) electrons. The Labute approximate surface area is 103 Å². The highest BCUT2D eigenvalue weighted by Crippen LogP contribution is 2.21. The predicted molar refractivity (Wildman–Crippen MR) is 64.4 cm³/mol. The summed E-state index contributed by atoms with van der Waals surface area (Å²) >= 11 is 9.35. The van der Waals surface area contributed by atoms with Gasteiger partial charge in [-0.1, -0.05) is 33.6 Å². The third-order valence-corrected chi connectivity index (χ3v) is 2.84. The van der Waals surface area contributed by atoms with Crippen LogP contribution in [0.25, 0.3) is 0 Å². The van der Waals surface area contributed by atoms with Crippen LogP contribution in [0.5, 0.6) is 0 Å². The molecule has 15 heavy (non-hydrogen) atoms. The minimum Gasteiger partial charge on any atom is -0.281 e. The number of carbonyl (C=O) groups is 1. The Morgan fingerprint density at radius 2 is 2.27 bits per heavy atom. The number of hydrogen-bond acceptors (Lipinski definition) is 2. The van der Waals surface area contributed by atoms with Gasteiger partial charge in [0.15, 0.2) is 0 Å². The maximum absolute atomic E-state index is 10.9. The number of benzene rings is 1. The van der Waals surface area contributed by atoms with Gasteiger partial charge in [0.2, 0.25) is 5.91 Å². The van der Waals surface area contributed by atoms with Crippen molar-refractivity contribution in [3.8, 4) is 0 Å². The summed E-state index contributed by atoms with van der Waals surface area (Å²) in [5.74, 6) is -0.0387. The molecule has 1 rings (SSSR count). The Hall–Kier alpha value is -0.580. The van der Waals surface area contributed by atoms with Crippen LogP contribution in [0, 0.1) is 0 Å². The van der Waals surface area contributed by atoms with Crippen molar-refractivity contribution in [2.75, 3.05) is 7.05 Å². The zero-order chi connectivity index (χ0) is 11.4. The third kappa shape index (κ3) is 3.81. The van der Waals surface area contributed by atoms with Crippen molar-refractivity contribution in [2.24, 2.45) is 0 Å². The number of carbonyl (C=O) groups excluding carboxylic acids is 1. The van der Waals surface area contributed by atoms with E-state index in [0.717, 1.165) is 10.0 Å². The van der Waals surface area contributed by atoms with Gasteiger partial charge in [0.05, 0.1) is 0 Å². The summed E-state index contributed by atoms with van der Waals surface area (Å²) in [6.45, 7) is 2.03. The molecule has 0 atom stereocenters. The molecular formula is C10H12BrClN2O. The Bertz CT molecular complexity index is 370. The van der Waals surface area contributed by atoms with Gasteiger partial charge in [0.1, 0.15) is 0 Å². The van der Waals surface area contributed by atoms with Crippen molar-refractivity contribution < 1.29 is 4.79 Å².